The lowest BCUT2D eigenvalue weighted by Crippen LogP contribution is -2.42. The SMILES string of the molecule is C[C@@H](CCC(=O)NCc1cscn1)N1CCOCC1. The maximum Gasteiger partial charge on any atom is 0.220 e. The molecule has 5 nitrogen and oxygen atoms in total. The fourth-order valence-electron chi connectivity index (χ4n) is 2.14. The number of hydrogen-bond acceptors (Lipinski definition) is 5. The van der Waals surface area contributed by atoms with E-state index in [2.05, 4.69) is 22.1 Å². The lowest BCUT2D eigenvalue weighted by Gasteiger charge is -2.32. The summed E-state index contributed by atoms with van der Waals surface area (Å²) in [6.45, 7) is 6.28. The molecule has 1 atom stereocenters. The molecule has 2 rings (SSSR count). The number of ether oxygens (including phenoxy) is 1. The minimum Gasteiger partial charge on any atom is -0.379 e. The summed E-state index contributed by atoms with van der Waals surface area (Å²) < 4.78 is 5.33. The van der Waals surface area contributed by atoms with Gasteiger partial charge in [-0.25, -0.2) is 4.98 Å². The first-order chi connectivity index (χ1) is 9.25. The number of hydrogen-bond donors (Lipinski definition) is 1. The number of amides is 1. The van der Waals surface area contributed by atoms with Crippen molar-refractivity contribution in [2.45, 2.75) is 32.4 Å². The van der Waals surface area contributed by atoms with Crippen LogP contribution in [0.1, 0.15) is 25.5 Å². The van der Waals surface area contributed by atoms with Gasteiger partial charge >= 0.3 is 0 Å². The summed E-state index contributed by atoms with van der Waals surface area (Å²) in [4.78, 5) is 18.3. The van der Waals surface area contributed by atoms with Gasteiger partial charge in [-0.2, -0.15) is 0 Å². The number of thiazole rings is 1. The van der Waals surface area contributed by atoms with Crippen LogP contribution in [-0.2, 0) is 16.1 Å². The molecule has 106 valence electrons. The lowest BCUT2D eigenvalue weighted by atomic mass is 10.1. The van der Waals surface area contributed by atoms with Crippen molar-refractivity contribution in [1.29, 1.82) is 0 Å². The van der Waals surface area contributed by atoms with Crippen molar-refractivity contribution in [3.63, 3.8) is 0 Å². The Morgan fingerprint density at radius 1 is 1.58 bits per heavy atom. The highest BCUT2D eigenvalue weighted by Gasteiger charge is 2.17. The van der Waals surface area contributed by atoms with Gasteiger partial charge in [0.2, 0.25) is 5.91 Å². The van der Waals surface area contributed by atoms with Gasteiger partial charge in [0.05, 0.1) is 31.0 Å². The Labute approximate surface area is 118 Å². The fraction of sp³-hybridized carbons (Fsp3) is 0.692. The molecule has 6 heteroatoms. The minimum absolute atomic E-state index is 0.105. The van der Waals surface area contributed by atoms with E-state index in [1.165, 1.54) is 0 Å². The molecule has 19 heavy (non-hydrogen) atoms. The van der Waals surface area contributed by atoms with Crippen molar-refractivity contribution in [3.05, 3.63) is 16.6 Å². The Balaban J connectivity index is 1.62. The summed E-state index contributed by atoms with van der Waals surface area (Å²) in [5.74, 6) is 0.105. The van der Waals surface area contributed by atoms with Crippen LogP contribution >= 0.6 is 11.3 Å². The Hall–Kier alpha value is -0.980. The van der Waals surface area contributed by atoms with Gasteiger partial charge in [0.15, 0.2) is 0 Å². The third-order valence-corrected chi connectivity index (χ3v) is 4.04. The molecule has 0 unspecified atom stereocenters. The molecule has 1 aromatic heterocycles. The Kier molecular flexibility index (Phi) is 5.75. The number of morpholine rings is 1. The van der Waals surface area contributed by atoms with E-state index in [1.807, 2.05) is 5.38 Å². The highest BCUT2D eigenvalue weighted by atomic mass is 32.1. The number of nitrogens with one attached hydrogen (secondary N) is 1. The highest BCUT2D eigenvalue weighted by molar-refractivity contribution is 7.07. The zero-order valence-electron chi connectivity index (χ0n) is 11.3. The molecule has 1 saturated heterocycles. The maximum atomic E-state index is 11.7. The van der Waals surface area contributed by atoms with Crippen molar-refractivity contribution in [2.24, 2.45) is 0 Å². The molecule has 1 aliphatic heterocycles. The maximum absolute atomic E-state index is 11.7. The molecule has 0 spiro atoms. The third kappa shape index (κ3) is 4.89. The molecule has 1 fully saturated rings. The molecule has 0 aromatic carbocycles. The number of carbonyl (C=O) groups is 1. The zero-order chi connectivity index (χ0) is 13.5. The average Bonchev–Trinajstić information content (AvgIpc) is 2.96. The largest absolute Gasteiger partial charge is 0.379 e. The van der Waals surface area contributed by atoms with Crippen molar-refractivity contribution >= 4 is 17.2 Å². The lowest BCUT2D eigenvalue weighted by molar-refractivity contribution is -0.121. The van der Waals surface area contributed by atoms with Crippen LogP contribution in [0.4, 0.5) is 0 Å². The third-order valence-electron chi connectivity index (χ3n) is 3.41. The molecule has 1 aromatic rings. The quantitative estimate of drug-likeness (QED) is 0.854. The molecule has 2 heterocycles. The molecule has 0 saturated carbocycles. The summed E-state index contributed by atoms with van der Waals surface area (Å²) in [7, 11) is 0. The van der Waals surface area contributed by atoms with E-state index in [-0.39, 0.29) is 5.91 Å². The van der Waals surface area contributed by atoms with Crippen molar-refractivity contribution in [2.75, 3.05) is 26.3 Å². The normalized spacial score (nSPS) is 18.2. The van der Waals surface area contributed by atoms with E-state index in [0.29, 0.717) is 19.0 Å². The second kappa shape index (κ2) is 7.57. The fourth-order valence-corrected chi connectivity index (χ4v) is 2.70. The van der Waals surface area contributed by atoms with Crippen LogP contribution in [0.15, 0.2) is 10.9 Å². The molecule has 1 aliphatic rings. The summed E-state index contributed by atoms with van der Waals surface area (Å²) in [5, 5.41) is 4.86. The predicted octanol–water partition coefficient (Wildman–Crippen LogP) is 1.26. The van der Waals surface area contributed by atoms with Gasteiger partial charge in [-0.05, 0) is 13.3 Å². The smallest absolute Gasteiger partial charge is 0.220 e. The minimum atomic E-state index is 0.105. The van der Waals surface area contributed by atoms with Crippen LogP contribution in [0.2, 0.25) is 0 Å². The van der Waals surface area contributed by atoms with Crippen LogP contribution < -0.4 is 5.32 Å². The molecule has 0 aliphatic carbocycles. The Morgan fingerprint density at radius 3 is 3.05 bits per heavy atom. The van der Waals surface area contributed by atoms with Crippen LogP contribution in [0, 0.1) is 0 Å². The van der Waals surface area contributed by atoms with Crippen molar-refractivity contribution < 1.29 is 9.53 Å². The number of nitrogens with zero attached hydrogens (tertiary/aromatic N) is 2. The first-order valence-electron chi connectivity index (χ1n) is 6.71. The molecular formula is C13H21N3O2S. The first kappa shape index (κ1) is 14.4. The van der Waals surface area contributed by atoms with E-state index >= 15 is 0 Å². The summed E-state index contributed by atoms with van der Waals surface area (Å²) in [6, 6.07) is 0.439. The van der Waals surface area contributed by atoms with Crippen molar-refractivity contribution in [1.82, 2.24) is 15.2 Å². The zero-order valence-corrected chi connectivity index (χ0v) is 12.1. The van der Waals surface area contributed by atoms with Gasteiger partial charge in [-0.15, -0.1) is 11.3 Å². The van der Waals surface area contributed by atoms with Gasteiger partial charge in [0.25, 0.3) is 0 Å². The van der Waals surface area contributed by atoms with Crippen LogP contribution in [-0.4, -0.2) is 48.1 Å². The molecule has 0 bridgehead atoms. The number of aromatic nitrogens is 1. The number of carbonyl (C=O) groups excluding carboxylic acids is 1. The topological polar surface area (TPSA) is 54.5 Å². The van der Waals surface area contributed by atoms with Gasteiger partial charge in [0.1, 0.15) is 0 Å². The summed E-state index contributed by atoms with van der Waals surface area (Å²) in [5.41, 5.74) is 2.71. The molecule has 1 N–H and O–H groups in total. The second-order valence-electron chi connectivity index (χ2n) is 4.79. The predicted molar refractivity (Wildman–Crippen MR) is 75.0 cm³/mol. The highest BCUT2D eigenvalue weighted by Crippen LogP contribution is 2.09. The summed E-state index contributed by atoms with van der Waals surface area (Å²) >= 11 is 1.55. The van der Waals surface area contributed by atoms with E-state index in [4.69, 9.17) is 4.74 Å². The average molecular weight is 283 g/mol. The monoisotopic (exact) mass is 283 g/mol. The van der Waals surface area contributed by atoms with Crippen LogP contribution in [0.3, 0.4) is 0 Å². The summed E-state index contributed by atoms with van der Waals surface area (Å²) in [6.07, 6.45) is 1.46. The van der Waals surface area contributed by atoms with Gasteiger partial charge in [-0.3, -0.25) is 9.69 Å². The van der Waals surface area contributed by atoms with Gasteiger partial charge in [-0.1, -0.05) is 0 Å². The van der Waals surface area contributed by atoms with Crippen molar-refractivity contribution in [3.8, 4) is 0 Å². The number of rotatable bonds is 6. The first-order valence-corrected chi connectivity index (χ1v) is 7.65. The van der Waals surface area contributed by atoms with E-state index < -0.39 is 0 Å². The second-order valence-corrected chi connectivity index (χ2v) is 5.51. The Morgan fingerprint density at radius 2 is 2.37 bits per heavy atom. The van der Waals surface area contributed by atoms with Crippen LogP contribution in [0.5, 0.6) is 0 Å². The van der Waals surface area contributed by atoms with Gasteiger partial charge in [0, 0.05) is 30.9 Å². The molecular weight excluding hydrogens is 262 g/mol. The van der Waals surface area contributed by atoms with E-state index in [0.717, 1.165) is 38.4 Å². The van der Waals surface area contributed by atoms with Gasteiger partial charge < -0.3 is 10.1 Å². The molecule has 1 amide bonds. The standard InChI is InChI=1S/C13H21N3O2S/c1-11(16-4-6-18-7-5-16)2-3-13(17)14-8-12-9-19-10-15-12/h9-11H,2-8H2,1H3,(H,14,17)/t11-/m0/s1. The molecule has 0 radical (unpaired) electrons. The van der Waals surface area contributed by atoms with E-state index in [9.17, 15) is 4.79 Å². The Bertz CT molecular complexity index is 377. The van der Waals surface area contributed by atoms with E-state index in [1.54, 1.807) is 16.8 Å². The van der Waals surface area contributed by atoms with Crippen LogP contribution in [0.25, 0.3) is 0 Å².